The van der Waals surface area contributed by atoms with Gasteiger partial charge in [-0.2, -0.15) is 10.4 Å². The molecule has 0 aliphatic carbocycles. The maximum atomic E-state index is 10.7. The van der Waals surface area contributed by atoms with Crippen molar-refractivity contribution in [2.45, 2.75) is 0 Å². The van der Waals surface area contributed by atoms with E-state index in [-0.39, 0.29) is 11.4 Å². The Kier molecular flexibility index (Phi) is 3.72. The van der Waals surface area contributed by atoms with Crippen molar-refractivity contribution in [3.05, 3.63) is 34.4 Å². The molecule has 3 N–H and O–H groups in total. The standard InChI is InChI=1S/C9H7N5O3/c10-5-7(9(11)15)13-12-6-3-1-2-4-8(6)14(16)17/h1-4,12H,(H2,11,15)/b13-7+. The molecule has 1 amide bonds. The molecule has 0 saturated heterocycles. The number of rotatable bonds is 4. The van der Waals surface area contributed by atoms with Gasteiger partial charge in [0.2, 0.25) is 5.71 Å². The van der Waals surface area contributed by atoms with Gasteiger partial charge in [-0.05, 0) is 6.07 Å². The lowest BCUT2D eigenvalue weighted by Crippen LogP contribution is -2.22. The number of nitriles is 1. The van der Waals surface area contributed by atoms with Crippen LogP contribution in [0.15, 0.2) is 29.4 Å². The maximum absolute atomic E-state index is 10.7. The van der Waals surface area contributed by atoms with E-state index in [1.54, 1.807) is 6.07 Å². The van der Waals surface area contributed by atoms with Crippen LogP contribution in [0, 0.1) is 21.4 Å². The first kappa shape index (κ1) is 12.1. The lowest BCUT2D eigenvalue weighted by Gasteiger charge is -2.01. The second-order valence-electron chi connectivity index (χ2n) is 2.82. The Morgan fingerprint density at radius 3 is 2.71 bits per heavy atom. The second kappa shape index (κ2) is 5.22. The molecule has 0 saturated carbocycles. The number of nitrogens with zero attached hydrogens (tertiary/aromatic N) is 3. The monoisotopic (exact) mass is 233 g/mol. The van der Waals surface area contributed by atoms with E-state index in [0.717, 1.165) is 0 Å². The first-order valence-electron chi connectivity index (χ1n) is 4.33. The lowest BCUT2D eigenvalue weighted by atomic mass is 10.3. The number of hydrogen-bond acceptors (Lipinski definition) is 6. The molecule has 1 rings (SSSR count). The summed E-state index contributed by atoms with van der Waals surface area (Å²) in [7, 11) is 0. The molecule has 8 nitrogen and oxygen atoms in total. The number of anilines is 1. The summed E-state index contributed by atoms with van der Waals surface area (Å²) in [6, 6.07) is 7.13. The molecule has 0 heterocycles. The third-order valence-electron chi connectivity index (χ3n) is 1.73. The predicted octanol–water partition coefficient (Wildman–Crippen LogP) is 0.372. The Balaban J connectivity index is 3.01. The molecule has 1 aromatic rings. The normalized spacial score (nSPS) is 10.4. The molecule has 0 aromatic heterocycles. The maximum Gasteiger partial charge on any atom is 0.294 e. The van der Waals surface area contributed by atoms with Crippen molar-refractivity contribution in [2.75, 3.05) is 5.43 Å². The van der Waals surface area contributed by atoms with Crippen LogP contribution in [0.4, 0.5) is 11.4 Å². The molecular formula is C9H7N5O3. The van der Waals surface area contributed by atoms with E-state index in [1.165, 1.54) is 24.3 Å². The molecule has 0 radical (unpaired) electrons. The summed E-state index contributed by atoms with van der Waals surface area (Å²) in [6.07, 6.45) is 0. The minimum absolute atomic E-state index is 0.0616. The highest BCUT2D eigenvalue weighted by Gasteiger charge is 2.12. The minimum atomic E-state index is -1.02. The number of benzene rings is 1. The van der Waals surface area contributed by atoms with E-state index in [2.05, 4.69) is 10.5 Å². The zero-order valence-corrected chi connectivity index (χ0v) is 8.45. The molecule has 1 aromatic carbocycles. The number of amides is 1. The highest BCUT2D eigenvalue weighted by Crippen LogP contribution is 2.22. The van der Waals surface area contributed by atoms with Crippen LogP contribution in [0.25, 0.3) is 0 Å². The quantitative estimate of drug-likeness (QED) is 0.440. The number of para-hydroxylation sites is 2. The fourth-order valence-corrected chi connectivity index (χ4v) is 0.979. The number of nitrogens with one attached hydrogen (secondary N) is 1. The van der Waals surface area contributed by atoms with Gasteiger partial charge in [-0.3, -0.25) is 20.3 Å². The molecular weight excluding hydrogens is 226 g/mol. The van der Waals surface area contributed by atoms with Crippen LogP contribution in [0.1, 0.15) is 0 Å². The number of primary amides is 1. The van der Waals surface area contributed by atoms with Gasteiger partial charge in [-0.15, -0.1) is 0 Å². The van der Waals surface area contributed by atoms with Crippen molar-refractivity contribution >= 4 is 23.0 Å². The van der Waals surface area contributed by atoms with Gasteiger partial charge in [0.15, 0.2) is 0 Å². The van der Waals surface area contributed by atoms with Crippen LogP contribution >= 0.6 is 0 Å². The summed E-state index contributed by atoms with van der Waals surface area (Å²) >= 11 is 0. The van der Waals surface area contributed by atoms with Crippen molar-refractivity contribution in [3.63, 3.8) is 0 Å². The summed E-state index contributed by atoms with van der Waals surface area (Å²) in [4.78, 5) is 20.7. The van der Waals surface area contributed by atoms with Gasteiger partial charge in [-0.1, -0.05) is 12.1 Å². The van der Waals surface area contributed by atoms with Crippen molar-refractivity contribution in [2.24, 2.45) is 10.8 Å². The number of carbonyl (C=O) groups is 1. The summed E-state index contributed by atoms with van der Waals surface area (Å²) in [5, 5.41) is 22.5. The number of hydrogen-bond donors (Lipinski definition) is 2. The highest BCUT2D eigenvalue weighted by atomic mass is 16.6. The molecule has 86 valence electrons. The Hall–Kier alpha value is -2.95. The Labute approximate surface area is 95.5 Å². The van der Waals surface area contributed by atoms with Crippen molar-refractivity contribution in [1.29, 1.82) is 5.26 Å². The number of hydrazone groups is 1. The van der Waals surface area contributed by atoms with Crippen molar-refractivity contribution in [3.8, 4) is 6.07 Å². The Morgan fingerprint density at radius 1 is 1.53 bits per heavy atom. The summed E-state index contributed by atoms with van der Waals surface area (Å²) in [5.41, 5.74) is 6.36. The van der Waals surface area contributed by atoms with Gasteiger partial charge in [0.05, 0.1) is 4.92 Å². The van der Waals surface area contributed by atoms with Crippen LogP contribution in [0.2, 0.25) is 0 Å². The molecule has 17 heavy (non-hydrogen) atoms. The first-order chi connectivity index (χ1) is 8.06. The third-order valence-corrected chi connectivity index (χ3v) is 1.73. The smallest absolute Gasteiger partial charge is 0.294 e. The van der Waals surface area contributed by atoms with E-state index < -0.39 is 16.5 Å². The van der Waals surface area contributed by atoms with Gasteiger partial charge in [-0.25, -0.2) is 0 Å². The zero-order valence-electron chi connectivity index (χ0n) is 8.45. The van der Waals surface area contributed by atoms with Crippen molar-refractivity contribution < 1.29 is 9.72 Å². The van der Waals surface area contributed by atoms with Crippen LogP contribution in [0.5, 0.6) is 0 Å². The van der Waals surface area contributed by atoms with Gasteiger partial charge < -0.3 is 5.73 Å². The number of nitrogens with two attached hydrogens (primary N) is 1. The fraction of sp³-hybridized carbons (Fsp3) is 0. The highest BCUT2D eigenvalue weighted by molar-refractivity contribution is 6.44. The number of nitro groups is 1. The average molecular weight is 233 g/mol. The van der Waals surface area contributed by atoms with Crippen LogP contribution < -0.4 is 11.2 Å². The molecule has 0 aliphatic rings. The largest absolute Gasteiger partial charge is 0.364 e. The van der Waals surface area contributed by atoms with Crippen molar-refractivity contribution in [1.82, 2.24) is 0 Å². The van der Waals surface area contributed by atoms with Gasteiger partial charge in [0, 0.05) is 6.07 Å². The van der Waals surface area contributed by atoms with E-state index >= 15 is 0 Å². The zero-order chi connectivity index (χ0) is 12.8. The molecule has 0 fully saturated rings. The van der Waals surface area contributed by atoms with E-state index in [0.29, 0.717) is 0 Å². The van der Waals surface area contributed by atoms with Crippen LogP contribution in [-0.4, -0.2) is 16.5 Å². The third kappa shape index (κ3) is 3.00. The first-order valence-corrected chi connectivity index (χ1v) is 4.33. The van der Waals surface area contributed by atoms with E-state index in [4.69, 9.17) is 11.0 Å². The second-order valence-corrected chi connectivity index (χ2v) is 2.82. The van der Waals surface area contributed by atoms with Gasteiger partial charge >= 0.3 is 0 Å². The van der Waals surface area contributed by atoms with E-state index in [9.17, 15) is 14.9 Å². The SMILES string of the molecule is N#C/C(=N\Nc1ccccc1[N+](=O)[O-])C(N)=O. The minimum Gasteiger partial charge on any atom is -0.364 e. The summed E-state index contributed by atoms with van der Waals surface area (Å²) in [5.74, 6) is -1.02. The molecule has 0 bridgehead atoms. The summed E-state index contributed by atoms with van der Waals surface area (Å²) < 4.78 is 0. The Bertz CT molecular complexity index is 532. The number of carbonyl (C=O) groups excluding carboxylic acids is 1. The molecule has 0 aliphatic heterocycles. The topological polar surface area (TPSA) is 134 Å². The fourth-order valence-electron chi connectivity index (χ4n) is 0.979. The average Bonchev–Trinajstić information content (AvgIpc) is 2.29. The Morgan fingerprint density at radius 2 is 2.18 bits per heavy atom. The number of nitro benzene ring substituents is 1. The summed E-state index contributed by atoms with van der Waals surface area (Å²) in [6.45, 7) is 0. The van der Waals surface area contributed by atoms with Crippen LogP contribution in [0.3, 0.4) is 0 Å². The molecule has 0 atom stereocenters. The molecule has 0 unspecified atom stereocenters. The van der Waals surface area contributed by atoms with Gasteiger partial charge in [0.1, 0.15) is 11.8 Å². The van der Waals surface area contributed by atoms with Gasteiger partial charge in [0.25, 0.3) is 11.6 Å². The lowest BCUT2D eigenvalue weighted by molar-refractivity contribution is -0.384. The molecule has 0 spiro atoms. The molecule has 8 heteroatoms. The van der Waals surface area contributed by atoms with E-state index in [1.807, 2.05) is 0 Å². The predicted molar refractivity (Wildman–Crippen MR) is 59.0 cm³/mol. The van der Waals surface area contributed by atoms with Crippen LogP contribution in [-0.2, 0) is 4.79 Å².